The zero-order valence-corrected chi connectivity index (χ0v) is 10.2. The predicted octanol–water partition coefficient (Wildman–Crippen LogP) is 2.34. The summed E-state index contributed by atoms with van der Waals surface area (Å²) < 4.78 is 5.49. The average Bonchev–Trinajstić information content (AvgIpc) is 2.76. The molecule has 0 atom stereocenters. The number of hydrogen-bond acceptors (Lipinski definition) is 5. The Morgan fingerprint density at radius 3 is 3.06 bits per heavy atom. The average molecular weight is 245 g/mol. The van der Waals surface area contributed by atoms with Crippen LogP contribution in [0.2, 0.25) is 0 Å². The Labute approximate surface area is 104 Å². The summed E-state index contributed by atoms with van der Waals surface area (Å²) in [5.41, 5.74) is 3.44. The van der Waals surface area contributed by atoms with E-state index in [9.17, 15) is 0 Å². The van der Waals surface area contributed by atoms with E-state index < -0.39 is 0 Å². The highest BCUT2D eigenvalue weighted by molar-refractivity contribution is 7.09. The van der Waals surface area contributed by atoms with Crippen LogP contribution < -0.4 is 4.74 Å². The molecule has 0 bridgehead atoms. The van der Waals surface area contributed by atoms with Crippen molar-refractivity contribution >= 4 is 11.3 Å². The molecule has 0 spiro atoms. The van der Waals surface area contributed by atoms with Gasteiger partial charge in [0.2, 0.25) is 5.88 Å². The summed E-state index contributed by atoms with van der Waals surface area (Å²) in [5.74, 6) is 0.492. The van der Waals surface area contributed by atoms with E-state index in [2.05, 4.69) is 16.0 Å². The molecule has 2 heterocycles. The minimum Gasteiger partial charge on any atom is -0.477 e. The molecule has 2 aromatic rings. The summed E-state index contributed by atoms with van der Waals surface area (Å²) in [6, 6.07) is 5.34. The van der Waals surface area contributed by atoms with E-state index in [1.165, 1.54) is 4.88 Å². The Hall–Kier alpha value is -1.93. The highest BCUT2D eigenvalue weighted by atomic mass is 32.1. The Morgan fingerprint density at radius 2 is 2.35 bits per heavy atom. The van der Waals surface area contributed by atoms with Crippen LogP contribution in [0.3, 0.4) is 0 Å². The standard InChI is InChI=1S/C12H11N3OS/c1-9-11(17-8-15-9)3-5-16-12-6-10(7-13)2-4-14-12/h2,4,6,8H,3,5H2,1H3. The maximum Gasteiger partial charge on any atom is 0.214 e. The number of nitriles is 1. The van der Waals surface area contributed by atoms with Gasteiger partial charge in [-0.3, -0.25) is 0 Å². The van der Waals surface area contributed by atoms with Crippen molar-refractivity contribution in [3.05, 3.63) is 40.0 Å². The first-order chi connectivity index (χ1) is 8.29. The summed E-state index contributed by atoms with van der Waals surface area (Å²) in [7, 11) is 0. The van der Waals surface area contributed by atoms with E-state index in [0.29, 0.717) is 18.1 Å². The lowest BCUT2D eigenvalue weighted by molar-refractivity contribution is 0.310. The van der Waals surface area contributed by atoms with Crippen LogP contribution in [-0.2, 0) is 6.42 Å². The maximum absolute atomic E-state index is 8.73. The third-order valence-corrected chi connectivity index (χ3v) is 3.28. The minimum absolute atomic E-state index is 0.492. The fraction of sp³-hybridized carbons (Fsp3) is 0.250. The van der Waals surface area contributed by atoms with Crippen molar-refractivity contribution < 1.29 is 4.74 Å². The second-order valence-electron chi connectivity index (χ2n) is 3.45. The van der Waals surface area contributed by atoms with Crippen LogP contribution in [-0.4, -0.2) is 16.6 Å². The van der Waals surface area contributed by atoms with Crippen LogP contribution in [0.5, 0.6) is 5.88 Å². The third kappa shape index (κ3) is 3.02. The van der Waals surface area contributed by atoms with Crippen LogP contribution in [0.4, 0.5) is 0 Å². The molecule has 0 amide bonds. The zero-order chi connectivity index (χ0) is 12.1. The molecule has 0 N–H and O–H groups in total. The van der Waals surface area contributed by atoms with Gasteiger partial charge in [0.05, 0.1) is 29.4 Å². The summed E-state index contributed by atoms with van der Waals surface area (Å²) in [4.78, 5) is 9.44. The van der Waals surface area contributed by atoms with E-state index in [-0.39, 0.29) is 0 Å². The van der Waals surface area contributed by atoms with Gasteiger partial charge in [0, 0.05) is 23.6 Å². The van der Waals surface area contributed by atoms with Crippen LogP contribution >= 0.6 is 11.3 Å². The Morgan fingerprint density at radius 1 is 1.47 bits per heavy atom. The van der Waals surface area contributed by atoms with Crippen molar-refractivity contribution in [2.24, 2.45) is 0 Å². The quantitative estimate of drug-likeness (QED) is 0.829. The normalized spacial score (nSPS) is 9.88. The first kappa shape index (κ1) is 11.6. The van der Waals surface area contributed by atoms with Gasteiger partial charge in [0.1, 0.15) is 0 Å². The van der Waals surface area contributed by atoms with E-state index >= 15 is 0 Å². The van der Waals surface area contributed by atoms with Crippen LogP contribution in [0.1, 0.15) is 16.1 Å². The molecule has 2 rings (SSSR count). The van der Waals surface area contributed by atoms with Gasteiger partial charge in [0.25, 0.3) is 0 Å². The summed E-state index contributed by atoms with van der Waals surface area (Å²) in [6.07, 6.45) is 2.39. The number of pyridine rings is 1. The van der Waals surface area contributed by atoms with Gasteiger partial charge in [-0.25, -0.2) is 9.97 Å². The van der Waals surface area contributed by atoms with Gasteiger partial charge < -0.3 is 4.74 Å². The number of ether oxygens (including phenoxy) is 1. The van der Waals surface area contributed by atoms with E-state index in [1.54, 1.807) is 29.7 Å². The molecular formula is C12H11N3OS. The molecule has 4 nitrogen and oxygen atoms in total. The second kappa shape index (κ2) is 5.41. The first-order valence-electron chi connectivity index (χ1n) is 5.17. The number of hydrogen-bond donors (Lipinski definition) is 0. The van der Waals surface area contributed by atoms with Gasteiger partial charge in [-0.1, -0.05) is 0 Å². The smallest absolute Gasteiger partial charge is 0.214 e. The lowest BCUT2D eigenvalue weighted by Gasteiger charge is -2.04. The fourth-order valence-corrected chi connectivity index (χ4v) is 2.13. The summed E-state index contributed by atoms with van der Waals surface area (Å²) in [6.45, 7) is 2.53. The van der Waals surface area contributed by atoms with Gasteiger partial charge in [0.15, 0.2) is 0 Å². The van der Waals surface area contributed by atoms with Crippen LogP contribution in [0, 0.1) is 18.3 Å². The van der Waals surface area contributed by atoms with Gasteiger partial charge in [-0.15, -0.1) is 11.3 Å². The Bertz CT molecular complexity index is 545. The van der Waals surface area contributed by atoms with Crippen molar-refractivity contribution in [1.29, 1.82) is 5.26 Å². The van der Waals surface area contributed by atoms with Crippen molar-refractivity contribution in [1.82, 2.24) is 9.97 Å². The largest absolute Gasteiger partial charge is 0.477 e. The van der Waals surface area contributed by atoms with Crippen molar-refractivity contribution in [2.45, 2.75) is 13.3 Å². The molecule has 0 aliphatic heterocycles. The highest BCUT2D eigenvalue weighted by Gasteiger charge is 2.02. The van der Waals surface area contributed by atoms with E-state index in [1.807, 2.05) is 12.4 Å². The van der Waals surface area contributed by atoms with Gasteiger partial charge >= 0.3 is 0 Å². The summed E-state index contributed by atoms with van der Waals surface area (Å²) >= 11 is 1.63. The topological polar surface area (TPSA) is 58.8 Å². The molecular weight excluding hydrogens is 234 g/mol. The molecule has 86 valence electrons. The number of aryl methyl sites for hydroxylation is 1. The predicted molar refractivity (Wildman–Crippen MR) is 65.0 cm³/mol. The van der Waals surface area contributed by atoms with Crippen LogP contribution in [0.15, 0.2) is 23.8 Å². The second-order valence-corrected chi connectivity index (χ2v) is 4.39. The molecule has 0 unspecified atom stereocenters. The molecule has 17 heavy (non-hydrogen) atoms. The molecule has 0 fully saturated rings. The molecule has 0 aliphatic carbocycles. The molecule has 2 aromatic heterocycles. The molecule has 0 aromatic carbocycles. The molecule has 0 radical (unpaired) electrons. The first-order valence-corrected chi connectivity index (χ1v) is 6.05. The number of thiazole rings is 1. The lowest BCUT2D eigenvalue weighted by atomic mass is 10.3. The summed E-state index contributed by atoms with van der Waals surface area (Å²) in [5, 5.41) is 8.73. The number of rotatable bonds is 4. The molecule has 5 heteroatoms. The Balaban J connectivity index is 1.90. The maximum atomic E-state index is 8.73. The van der Waals surface area contributed by atoms with Gasteiger partial charge in [-0.05, 0) is 13.0 Å². The monoisotopic (exact) mass is 245 g/mol. The zero-order valence-electron chi connectivity index (χ0n) is 9.38. The SMILES string of the molecule is Cc1ncsc1CCOc1cc(C#N)ccn1. The van der Waals surface area contributed by atoms with Gasteiger partial charge in [-0.2, -0.15) is 5.26 Å². The third-order valence-electron chi connectivity index (χ3n) is 2.29. The van der Waals surface area contributed by atoms with Crippen molar-refractivity contribution in [3.8, 4) is 11.9 Å². The lowest BCUT2D eigenvalue weighted by Crippen LogP contribution is -2.02. The molecule has 0 aliphatic rings. The van der Waals surface area contributed by atoms with E-state index in [4.69, 9.17) is 10.00 Å². The van der Waals surface area contributed by atoms with Crippen molar-refractivity contribution in [3.63, 3.8) is 0 Å². The Kier molecular flexibility index (Phi) is 3.68. The number of aromatic nitrogens is 2. The highest BCUT2D eigenvalue weighted by Crippen LogP contribution is 2.14. The fourth-order valence-electron chi connectivity index (χ4n) is 1.37. The van der Waals surface area contributed by atoms with E-state index in [0.717, 1.165) is 12.1 Å². The van der Waals surface area contributed by atoms with Crippen LogP contribution in [0.25, 0.3) is 0 Å². The van der Waals surface area contributed by atoms with Crippen molar-refractivity contribution in [2.75, 3.05) is 6.61 Å². The number of nitrogens with zero attached hydrogens (tertiary/aromatic N) is 3. The molecule has 0 saturated heterocycles. The molecule has 0 saturated carbocycles. The minimum atomic E-state index is 0.492.